The van der Waals surface area contributed by atoms with Crippen LogP contribution in [0, 0.1) is 5.92 Å². The molecule has 0 bridgehead atoms. The number of carbonyl (C=O) groups excluding carboxylic acids is 2. The van der Waals surface area contributed by atoms with E-state index in [-0.39, 0.29) is 42.2 Å². The highest BCUT2D eigenvalue weighted by molar-refractivity contribution is 7.89. The number of anilines is 1. The number of ether oxygens (including phenoxy) is 1. The smallest absolute Gasteiger partial charge is 0.311 e. The number of amides is 1. The molecule has 2 aromatic rings. The van der Waals surface area contributed by atoms with Gasteiger partial charge in [0.1, 0.15) is 0 Å². The molecule has 1 amide bonds. The third kappa shape index (κ3) is 4.99. The molecule has 0 aliphatic carbocycles. The summed E-state index contributed by atoms with van der Waals surface area (Å²) in [5.41, 5.74) is 0.530. The van der Waals surface area contributed by atoms with E-state index in [0.29, 0.717) is 24.6 Å². The molecule has 1 fully saturated rings. The van der Waals surface area contributed by atoms with Gasteiger partial charge in [-0.1, -0.05) is 32.9 Å². The summed E-state index contributed by atoms with van der Waals surface area (Å²) < 4.78 is 36.9. The van der Waals surface area contributed by atoms with Gasteiger partial charge in [0.25, 0.3) is 5.89 Å². The number of benzene rings is 1. The molecule has 1 aliphatic rings. The maximum absolute atomic E-state index is 12.6. The van der Waals surface area contributed by atoms with Crippen LogP contribution in [0.25, 0.3) is 0 Å². The quantitative estimate of drug-likeness (QED) is 0.518. The Morgan fingerprint density at radius 2 is 1.91 bits per heavy atom. The predicted molar refractivity (Wildman–Crippen MR) is 115 cm³/mol. The lowest BCUT2D eigenvalue weighted by Crippen LogP contribution is -2.30. The third-order valence-corrected chi connectivity index (χ3v) is 7.35. The van der Waals surface area contributed by atoms with E-state index >= 15 is 0 Å². The van der Waals surface area contributed by atoms with Crippen LogP contribution in [0.15, 0.2) is 33.7 Å². The molecule has 11 heteroatoms. The molecule has 0 N–H and O–H groups in total. The topological polar surface area (TPSA) is 123 Å². The average Bonchev–Trinajstić information content (AvgIpc) is 3.40. The van der Waals surface area contributed by atoms with Gasteiger partial charge >= 0.3 is 5.97 Å². The Morgan fingerprint density at radius 3 is 2.47 bits per heavy atom. The zero-order valence-corrected chi connectivity index (χ0v) is 19.5. The first kappa shape index (κ1) is 23.9. The van der Waals surface area contributed by atoms with Gasteiger partial charge in [0.2, 0.25) is 15.9 Å². The summed E-state index contributed by atoms with van der Waals surface area (Å²) in [6.07, 6.45) is 0.0133. The largest absolute Gasteiger partial charge is 0.455 e. The fourth-order valence-electron chi connectivity index (χ4n) is 3.44. The Morgan fingerprint density at radius 1 is 1.25 bits per heavy atom. The number of carbonyl (C=O) groups is 2. The minimum atomic E-state index is -3.58. The fraction of sp³-hybridized carbons (Fsp3) is 0.524. The Balaban J connectivity index is 1.63. The number of esters is 1. The summed E-state index contributed by atoms with van der Waals surface area (Å²) >= 11 is 0. The SMILES string of the molecule is CCN(CC)S(=O)(=O)c1ccc(N2CC(C(=O)OCc3nc(C(C)C)no3)CC2=O)cc1. The Hall–Kier alpha value is -2.79. The normalized spacial score (nSPS) is 16.9. The number of aromatic nitrogens is 2. The summed E-state index contributed by atoms with van der Waals surface area (Å²) in [6, 6.07) is 6.11. The van der Waals surface area contributed by atoms with Crippen molar-refractivity contribution >= 4 is 27.6 Å². The van der Waals surface area contributed by atoms with E-state index in [2.05, 4.69) is 10.1 Å². The molecular formula is C21H28N4O6S. The fourth-order valence-corrected chi connectivity index (χ4v) is 4.90. The van der Waals surface area contributed by atoms with E-state index in [1.165, 1.54) is 21.3 Å². The van der Waals surface area contributed by atoms with Gasteiger partial charge in [-0.2, -0.15) is 9.29 Å². The van der Waals surface area contributed by atoms with Gasteiger partial charge in [-0.3, -0.25) is 9.59 Å². The van der Waals surface area contributed by atoms with Crippen LogP contribution in [0.3, 0.4) is 0 Å². The van der Waals surface area contributed by atoms with Crippen molar-refractivity contribution in [3.05, 3.63) is 36.0 Å². The van der Waals surface area contributed by atoms with Crippen molar-refractivity contribution in [1.29, 1.82) is 0 Å². The lowest BCUT2D eigenvalue weighted by Gasteiger charge is -2.20. The van der Waals surface area contributed by atoms with Crippen LogP contribution in [0.2, 0.25) is 0 Å². The third-order valence-electron chi connectivity index (χ3n) is 5.29. The summed E-state index contributed by atoms with van der Waals surface area (Å²) in [4.78, 5) is 30.7. The molecule has 1 aliphatic heterocycles. The highest BCUT2D eigenvalue weighted by Crippen LogP contribution is 2.28. The lowest BCUT2D eigenvalue weighted by atomic mass is 10.1. The number of hydrogen-bond acceptors (Lipinski definition) is 8. The Labute approximate surface area is 187 Å². The number of nitrogens with zero attached hydrogens (tertiary/aromatic N) is 4. The molecule has 2 heterocycles. The summed E-state index contributed by atoms with van der Waals surface area (Å²) in [5.74, 6) is -0.554. The van der Waals surface area contributed by atoms with Crippen LogP contribution in [0.4, 0.5) is 5.69 Å². The minimum absolute atomic E-state index is 0.0133. The van der Waals surface area contributed by atoms with Gasteiger partial charge in [-0.05, 0) is 24.3 Å². The van der Waals surface area contributed by atoms with Gasteiger partial charge in [0.15, 0.2) is 12.4 Å². The van der Waals surface area contributed by atoms with Crippen LogP contribution < -0.4 is 4.90 Å². The van der Waals surface area contributed by atoms with Gasteiger partial charge in [0.05, 0.1) is 10.8 Å². The van der Waals surface area contributed by atoms with Crippen LogP contribution in [0.1, 0.15) is 51.7 Å². The van der Waals surface area contributed by atoms with Crippen molar-refractivity contribution in [1.82, 2.24) is 14.4 Å². The van der Waals surface area contributed by atoms with Crippen molar-refractivity contribution in [3.8, 4) is 0 Å². The molecule has 0 radical (unpaired) electrons. The van der Waals surface area contributed by atoms with Gasteiger partial charge < -0.3 is 14.2 Å². The second-order valence-electron chi connectivity index (χ2n) is 7.80. The first-order valence-corrected chi connectivity index (χ1v) is 12.0. The van der Waals surface area contributed by atoms with E-state index in [1.54, 1.807) is 26.0 Å². The maximum atomic E-state index is 12.6. The molecule has 10 nitrogen and oxygen atoms in total. The molecule has 1 aromatic carbocycles. The molecule has 3 rings (SSSR count). The predicted octanol–water partition coefficient (Wildman–Crippen LogP) is 2.32. The molecule has 1 saturated heterocycles. The van der Waals surface area contributed by atoms with Crippen LogP contribution in [0.5, 0.6) is 0 Å². The Bertz CT molecular complexity index is 1060. The summed E-state index contributed by atoms with van der Waals surface area (Å²) in [6.45, 7) is 8.14. The van der Waals surface area contributed by atoms with Crippen LogP contribution in [-0.2, 0) is 31.0 Å². The van der Waals surface area contributed by atoms with Gasteiger partial charge in [-0.15, -0.1) is 0 Å². The van der Waals surface area contributed by atoms with E-state index < -0.39 is 21.9 Å². The summed E-state index contributed by atoms with van der Waals surface area (Å²) in [5, 5.41) is 3.82. The van der Waals surface area contributed by atoms with Crippen LogP contribution >= 0.6 is 0 Å². The molecule has 1 atom stereocenters. The second-order valence-corrected chi connectivity index (χ2v) is 9.74. The van der Waals surface area contributed by atoms with Crippen molar-refractivity contribution in [2.24, 2.45) is 5.92 Å². The van der Waals surface area contributed by atoms with Crippen molar-refractivity contribution in [3.63, 3.8) is 0 Å². The van der Waals surface area contributed by atoms with E-state index in [4.69, 9.17) is 9.26 Å². The van der Waals surface area contributed by atoms with Gasteiger partial charge in [0, 0.05) is 37.7 Å². The standard InChI is InChI=1S/C21H28N4O6S/c1-5-24(6-2)32(28,29)17-9-7-16(8-10-17)25-12-15(11-19(25)26)21(27)30-13-18-22-20(14(3)4)23-31-18/h7-10,14-15H,5-6,11-13H2,1-4H3. The van der Waals surface area contributed by atoms with E-state index in [0.717, 1.165) is 0 Å². The van der Waals surface area contributed by atoms with Crippen LogP contribution in [-0.4, -0.2) is 54.4 Å². The molecular weight excluding hydrogens is 436 g/mol. The second kappa shape index (κ2) is 9.78. The summed E-state index contributed by atoms with van der Waals surface area (Å²) in [7, 11) is -3.58. The van der Waals surface area contributed by atoms with E-state index in [1.807, 2.05) is 13.8 Å². The lowest BCUT2D eigenvalue weighted by molar-refractivity contribution is -0.150. The highest BCUT2D eigenvalue weighted by atomic mass is 32.2. The molecule has 1 aromatic heterocycles. The van der Waals surface area contributed by atoms with Crippen molar-refractivity contribution in [2.45, 2.75) is 51.5 Å². The van der Waals surface area contributed by atoms with Crippen molar-refractivity contribution in [2.75, 3.05) is 24.5 Å². The highest BCUT2D eigenvalue weighted by Gasteiger charge is 2.36. The zero-order valence-electron chi connectivity index (χ0n) is 18.6. The molecule has 0 spiro atoms. The first-order chi connectivity index (χ1) is 15.2. The number of hydrogen-bond donors (Lipinski definition) is 0. The zero-order chi connectivity index (χ0) is 23.5. The molecule has 32 heavy (non-hydrogen) atoms. The monoisotopic (exact) mass is 464 g/mol. The Kier molecular flexibility index (Phi) is 7.29. The van der Waals surface area contributed by atoms with E-state index in [9.17, 15) is 18.0 Å². The first-order valence-electron chi connectivity index (χ1n) is 10.6. The minimum Gasteiger partial charge on any atom is -0.455 e. The maximum Gasteiger partial charge on any atom is 0.311 e. The van der Waals surface area contributed by atoms with Gasteiger partial charge in [-0.25, -0.2) is 8.42 Å². The average molecular weight is 465 g/mol. The number of sulfonamides is 1. The molecule has 174 valence electrons. The number of rotatable bonds is 9. The molecule has 1 unspecified atom stereocenters. The van der Waals surface area contributed by atoms with Crippen molar-refractivity contribution < 1.29 is 27.3 Å². The molecule has 0 saturated carbocycles.